The van der Waals surface area contributed by atoms with Crippen molar-refractivity contribution in [2.45, 2.75) is 18.4 Å². The van der Waals surface area contributed by atoms with Crippen LogP contribution in [0.5, 0.6) is 0 Å². The highest BCUT2D eigenvalue weighted by atomic mass is 16.3. The van der Waals surface area contributed by atoms with Gasteiger partial charge in [0.05, 0.1) is 15.6 Å². The van der Waals surface area contributed by atoms with Gasteiger partial charge in [-0.3, -0.25) is 0 Å². The Morgan fingerprint density at radius 1 is 0.712 bits per heavy atom. The van der Waals surface area contributed by atoms with Crippen LogP contribution in [0.4, 0.5) is 5.69 Å². The predicted octanol–water partition coefficient (Wildman–Crippen LogP) is 15.1. The number of benzene rings is 8. The number of rotatable bonds is 8. The van der Waals surface area contributed by atoms with Crippen LogP contribution in [0.3, 0.4) is 0 Å². The Hall–Kier alpha value is -7.42. The molecule has 2 heteroatoms. The molecule has 0 amide bonds. The van der Waals surface area contributed by atoms with Gasteiger partial charge in [0.1, 0.15) is 11.2 Å². The highest BCUT2D eigenvalue weighted by Crippen LogP contribution is 2.44. The molecule has 0 fully saturated rings. The number of anilines is 1. The molecule has 0 radical (unpaired) electrons. The second kappa shape index (κ2) is 14.5. The van der Waals surface area contributed by atoms with Crippen molar-refractivity contribution < 1.29 is 14.0 Å². The SMILES string of the molecule is [2H]C=C([2H])/C(=C(/[2H])C1=Cc2ccccc2C1c1ccccc1)N(c1c([2H])c([2H])c(-c2cccc3c2oc2ccccc23)c([2H])c1[2H])C1C=CC(c2cc3ccccc3c3ccccc23)=CC1. The Balaban J connectivity index is 1.12. The minimum Gasteiger partial charge on any atom is -0.455 e. The second-order valence-corrected chi connectivity index (χ2v) is 15.1. The van der Waals surface area contributed by atoms with E-state index in [9.17, 15) is 8.22 Å². The Kier molecular flexibility index (Phi) is 6.90. The van der Waals surface area contributed by atoms with Gasteiger partial charge < -0.3 is 9.32 Å². The predicted molar refractivity (Wildman–Crippen MR) is 250 cm³/mol. The van der Waals surface area contributed by atoms with Gasteiger partial charge in [0.2, 0.25) is 0 Å². The molecule has 280 valence electrons. The maximum atomic E-state index is 10.2. The van der Waals surface area contributed by atoms with Gasteiger partial charge in [-0.15, -0.1) is 0 Å². The average molecular weight is 763 g/mol. The fraction of sp³-hybridized carbons (Fsp3) is 0.0526. The molecule has 0 bridgehead atoms. The van der Waals surface area contributed by atoms with E-state index in [1.807, 2.05) is 133 Å². The number of furan rings is 1. The number of allylic oxidation sites excluding steroid dienone is 5. The first-order valence-electron chi connectivity index (χ1n) is 23.5. The fourth-order valence-electron chi connectivity index (χ4n) is 8.98. The molecule has 59 heavy (non-hydrogen) atoms. The van der Waals surface area contributed by atoms with Gasteiger partial charge >= 0.3 is 0 Å². The molecule has 2 nitrogen and oxygen atoms in total. The average Bonchev–Trinajstić information content (AvgIpc) is 3.95. The molecular formula is C57H41NO. The number of fused-ring (bicyclic) bond motifs is 7. The fourth-order valence-corrected chi connectivity index (χ4v) is 8.98. The van der Waals surface area contributed by atoms with Crippen LogP contribution in [-0.4, -0.2) is 6.04 Å². The summed E-state index contributed by atoms with van der Waals surface area (Å²) in [6.45, 7) is 0.888. The quantitative estimate of drug-likeness (QED) is 0.113. The van der Waals surface area contributed by atoms with E-state index in [4.69, 9.17) is 5.79 Å². The largest absolute Gasteiger partial charge is 0.455 e. The van der Waals surface area contributed by atoms with Crippen molar-refractivity contribution in [2.75, 3.05) is 4.90 Å². The zero-order chi connectivity index (χ0) is 45.2. The van der Waals surface area contributed by atoms with Crippen LogP contribution in [-0.2, 0) is 0 Å². The smallest absolute Gasteiger partial charge is 0.143 e. The normalized spacial score (nSPS) is 18.6. The summed E-state index contributed by atoms with van der Waals surface area (Å²) < 4.78 is 73.5. The van der Waals surface area contributed by atoms with Crippen molar-refractivity contribution in [3.63, 3.8) is 0 Å². The first-order valence-corrected chi connectivity index (χ1v) is 19.9. The third kappa shape index (κ3) is 6.04. The molecule has 1 heterocycles. The molecule has 2 unspecified atom stereocenters. The van der Waals surface area contributed by atoms with E-state index in [1.165, 1.54) is 0 Å². The van der Waals surface area contributed by atoms with E-state index in [-0.39, 0.29) is 59.1 Å². The molecule has 0 saturated carbocycles. The summed E-state index contributed by atoms with van der Waals surface area (Å²) in [6, 6.07) is 47.5. The van der Waals surface area contributed by atoms with Gasteiger partial charge in [-0.05, 0) is 103 Å². The van der Waals surface area contributed by atoms with Crippen molar-refractivity contribution in [1.82, 2.24) is 0 Å². The molecule has 2 atom stereocenters. The van der Waals surface area contributed by atoms with E-state index in [1.54, 1.807) is 11.0 Å². The van der Waals surface area contributed by atoms with Crippen LogP contribution >= 0.6 is 0 Å². The van der Waals surface area contributed by atoms with Crippen molar-refractivity contribution in [2.24, 2.45) is 0 Å². The minimum absolute atomic E-state index is 0.000535. The summed E-state index contributed by atoms with van der Waals surface area (Å²) in [5.74, 6) is -0.379. The maximum Gasteiger partial charge on any atom is 0.143 e. The summed E-state index contributed by atoms with van der Waals surface area (Å²) in [5.41, 5.74) is 7.01. The number of nitrogens with zero attached hydrogens (tertiary/aromatic N) is 1. The summed E-state index contributed by atoms with van der Waals surface area (Å²) in [7, 11) is 0. The van der Waals surface area contributed by atoms with Gasteiger partial charge in [-0.1, -0.05) is 182 Å². The zero-order valence-corrected chi connectivity index (χ0v) is 32.0. The van der Waals surface area contributed by atoms with Crippen LogP contribution in [0.1, 0.15) is 44.2 Å². The highest BCUT2D eigenvalue weighted by Gasteiger charge is 2.28. The van der Waals surface area contributed by atoms with Crippen molar-refractivity contribution in [3.8, 4) is 11.1 Å². The number of hydrogen-bond acceptors (Lipinski definition) is 2. The molecule has 11 rings (SSSR count). The van der Waals surface area contributed by atoms with Crippen LogP contribution in [0.15, 0.2) is 228 Å². The Bertz CT molecular complexity index is 3590. The lowest BCUT2D eigenvalue weighted by Crippen LogP contribution is -2.33. The van der Waals surface area contributed by atoms with Crippen LogP contribution < -0.4 is 4.90 Å². The third-order valence-electron chi connectivity index (χ3n) is 11.7. The molecule has 2 aliphatic carbocycles. The molecule has 9 aromatic rings. The molecular weight excluding hydrogens is 715 g/mol. The first-order chi connectivity index (χ1) is 32.2. The number of para-hydroxylation sites is 2. The maximum absolute atomic E-state index is 10.2. The van der Waals surface area contributed by atoms with Gasteiger partial charge in [-0.2, -0.15) is 0 Å². The summed E-state index contributed by atoms with van der Waals surface area (Å²) in [6.07, 6.45) is 8.36. The van der Waals surface area contributed by atoms with E-state index in [2.05, 4.69) is 36.4 Å². The van der Waals surface area contributed by atoms with Crippen LogP contribution in [0, 0.1) is 0 Å². The lowest BCUT2D eigenvalue weighted by Gasteiger charge is -2.34. The first kappa shape index (κ1) is 28.1. The van der Waals surface area contributed by atoms with E-state index in [0.717, 1.165) is 66.7 Å². The minimum atomic E-state index is -0.688. The molecule has 0 N–H and O–H groups in total. The van der Waals surface area contributed by atoms with E-state index in [0.29, 0.717) is 28.7 Å². The van der Waals surface area contributed by atoms with Crippen molar-refractivity contribution in [3.05, 3.63) is 246 Å². The van der Waals surface area contributed by atoms with Gasteiger partial charge in [0.15, 0.2) is 0 Å². The zero-order valence-electron chi connectivity index (χ0n) is 39.0. The monoisotopic (exact) mass is 762 g/mol. The molecule has 0 spiro atoms. The van der Waals surface area contributed by atoms with Gasteiger partial charge in [-0.25, -0.2) is 0 Å². The topological polar surface area (TPSA) is 16.4 Å². The Morgan fingerprint density at radius 2 is 1.44 bits per heavy atom. The van der Waals surface area contributed by atoms with E-state index < -0.39 is 6.04 Å². The highest BCUT2D eigenvalue weighted by molar-refractivity contribution is 6.13. The second-order valence-electron chi connectivity index (χ2n) is 15.1. The molecule has 2 aliphatic rings. The van der Waals surface area contributed by atoms with Crippen molar-refractivity contribution >= 4 is 60.8 Å². The standard InChI is InChI=1S/C57H41NO/c1-2-44(36-43-35-41-17-7-9-20-48(41)56(43)40-15-4-3-5-16-40)58(45-31-27-38(28-32-45)49-24-14-25-53-52-23-12-13-26-55(52)59-57(49)53)46-33-29-39(30-34-46)54-37-42-18-6-8-19-47(42)50-21-10-11-22-51(50)54/h2-33,35-37,46,56H,1,34H2/b44-36+/i1D,2D,27D,28D,31D,32D,36D/b2-1?,44-36+. The summed E-state index contributed by atoms with van der Waals surface area (Å²) >= 11 is 0. The van der Waals surface area contributed by atoms with Gasteiger partial charge in [0.25, 0.3) is 0 Å². The summed E-state index contributed by atoms with van der Waals surface area (Å²) in [4.78, 5) is 1.61. The lowest BCUT2D eigenvalue weighted by molar-refractivity contribution is 0.670. The van der Waals surface area contributed by atoms with Crippen LogP contribution in [0.25, 0.3) is 66.3 Å². The van der Waals surface area contributed by atoms with Crippen LogP contribution in [0.2, 0.25) is 0 Å². The molecule has 8 aromatic carbocycles. The van der Waals surface area contributed by atoms with E-state index >= 15 is 0 Å². The summed E-state index contributed by atoms with van der Waals surface area (Å²) in [5, 5.41) is 6.16. The molecule has 0 aliphatic heterocycles. The van der Waals surface area contributed by atoms with Crippen molar-refractivity contribution in [1.29, 1.82) is 0 Å². The molecule has 1 aromatic heterocycles. The Labute approximate surface area is 354 Å². The third-order valence-corrected chi connectivity index (χ3v) is 11.7. The lowest BCUT2D eigenvalue weighted by atomic mass is 9.87. The Morgan fingerprint density at radius 3 is 2.27 bits per heavy atom. The molecule has 0 saturated heterocycles. The van der Waals surface area contributed by atoms with Gasteiger partial charge in [0, 0.05) is 33.6 Å². The number of hydrogen-bond donors (Lipinski definition) is 0.